The number of anilines is 1. The van der Waals surface area contributed by atoms with Crippen LogP contribution in [0, 0.1) is 5.41 Å². The Labute approximate surface area is 192 Å². The van der Waals surface area contributed by atoms with Gasteiger partial charge in [0.05, 0.1) is 5.69 Å². The summed E-state index contributed by atoms with van der Waals surface area (Å²) in [5.41, 5.74) is 1.35. The number of carbonyl (C=O) groups is 2. The highest BCUT2D eigenvalue weighted by Crippen LogP contribution is 2.37. The Hall–Kier alpha value is -3.15. The van der Waals surface area contributed by atoms with Gasteiger partial charge in [0.1, 0.15) is 6.10 Å². The Bertz CT molecular complexity index is 1170. The lowest BCUT2D eigenvalue weighted by Gasteiger charge is -2.32. The van der Waals surface area contributed by atoms with Crippen LogP contribution in [-0.4, -0.2) is 28.6 Å². The van der Waals surface area contributed by atoms with Gasteiger partial charge in [-0.1, -0.05) is 74.8 Å². The molecule has 3 aromatic carbocycles. The molecule has 5 nitrogen and oxygen atoms in total. The summed E-state index contributed by atoms with van der Waals surface area (Å²) >= 11 is 6.28. The number of amides is 1. The molecule has 0 aliphatic rings. The summed E-state index contributed by atoms with van der Waals surface area (Å²) in [6, 6.07) is 18.4. The van der Waals surface area contributed by atoms with Crippen molar-refractivity contribution in [3.05, 3.63) is 89.0 Å². The molecule has 0 aliphatic carbocycles. The molecule has 166 valence electrons. The average Bonchev–Trinajstić information content (AvgIpc) is 2.74. The highest BCUT2D eigenvalue weighted by atomic mass is 35.5. The quantitative estimate of drug-likeness (QED) is 0.478. The number of nitrogens with zero attached hydrogens (tertiary/aromatic N) is 1. The van der Waals surface area contributed by atoms with Crippen molar-refractivity contribution in [1.29, 1.82) is 0 Å². The van der Waals surface area contributed by atoms with Crippen LogP contribution in [0.2, 0.25) is 5.02 Å². The number of hydrogen-bond donors (Lipinski definition) is 2. The van der Waals surface area contributed by atoms with E-state index < -0.39 is 18.0 Å². The van der Waals surface area contributed by atoms with Crippen molar-refractivity contribution in [2.24, 2.45) is 5.41 Å². The van der Waals surface area contributed by atoms with E-state index in [4.69, 9.17) is 16.7 Å². The molecule has 0 radical (unpaired) electrons. The first-order valence-corrected chi connectivity index (χ1v) is 10.6. The van der Waals surface area contributed by atoms with Gasteiger partial charge in [0.15, 0.2) is 0 Å². The molecular formula is C26H26ClNO4. The molecule has 3 aromatic rings. The molecule has 1 atom stereocenters. The Morgan fingerprint density at radius 2 is 1.69 bits per heavy atom. The van der Waals surface area contributed by atoms with Gasteiger partial charge in [-0.3, -0.25) is 4.79 Å². The minimum atomic E-state index is -1.21. The fourth-order valence-corrected chi connectivity index (χ4v) is 3.82. The van der Waals surface area contributed by atoms with Crippen LogP contribution in [0.3, 0.4) is 0 Å². The third kappa shape index (κ3) is 5.55. The molecule has 2 N–H and O–H groups in total. The number of carboxylic acids is 1. The van der Waals surface area contributed by atoms with Gasteiger partial charge in [0, 0.05) is 29.3 Å². The number of carboxylic acid groups (broad SMARTS) is 1. The smallest absolute Gasteiger partial charge is 0.328 e. The predicted molar refractivity (Wildman–Crippen MR) is 128 cm³/mol. The number of hydrogen-bond acceptors (Lipinski definition) is 3. The molecule has 3 rings (SSSR count). The standard InChI is InChI=1S/C26H26ClNO4/c1-26(2,3)16-28(23(29)13-14-24(30)31)22-12-11-18(27)15-21(22)25(32)20-10-6-8-17-7-4-5-9-19(17)20/h4-15,25,32H,16H2,1-3H3,(H,30,31)/b14-13+. The minimum Gasteiger partial charge on any atom is -0.478 e. The van der Waals surface area contributed by atoms with E-state index >= 15 is 0 Å². The van der Waals surface area contributed by atoms with Crippen LogP contribution in [0.5, 0.6) is 0 Å². The molecule has 0 aromatic heterocycles. The highest BCUT2D eigenvalue weighted by Gasteiger charge is 2.26. The monoisotopic (exact) mass is 451 g/mol. The first kappa shape index (κ1) is 23.5. The van der Waals surface area contributed by atoms with E-state index in [2.05, 4.69) is 0 Å². The molecule has 0 bridgehead atoms. The summed E-state index contributed by atoms with van der Waals surface area (Å²) in [5, 5.41) is 22.7. The second-order valence-corrected chi connectivity index (χ2v) is 9.27. The molecule has 1 amide bonds. The minimum absolute atomic E-state index is 0.284. The second kappa shape index (κ2) is 9.55. The molecule has 0 fully saturated rings. The maximum atomic E-state index is 13.0. The third-order valence-electron chi connectivity index (χ3n) is 4.96. The number of aliphatic hydroxyl groups excluding tert-OH is 1. The Balaban J connectivity index is 2.16. The molecule has 0 aliphatic heterocycles. The summed E-state index contributed by atoms with van der Waals surface area (Å²) < 4.78 is 0. The Morgan fingerprint density at radius 3 is 2.38 bits per heavy atom. The van der Waals surface area contributed by atoms with Crippen molar-refractivity contribution in [2.45, 2.75) is 26.9 Å². The summed E-state index contributed by atoms with van der Waals surface area (Å²) in [6.07, 6.45) is 0.791. The van der Waals surface area contributed by atoms with Crippen molar-refractivity contribution < 1.29 is 19.8 Å². The van der Waals surface area contributed by atoms with Crippen molar-refractivity contribution in [3.63, 3.8) is 0 Å². The van der Waals surface area contributed by atoms with Crippen LogP contribution in [-0.2, 0) is 9.59 Å². The van der Waals surface area contributed by atoms with Gasteiger partial charge in [-0.15, -0.1) is 0 Å². The number of carbonyl (C=O) groups excluding carboxylic acids is 1. The third-order valence-corrected chi connectivity index (χ3v) is 5.19. The van der Waals surface area contributed by atoms with Crippen LogP contribution in [0.25, 0.3) is 10.8 Å². The van der Waals surface area contributed by atoms with Gasteiger partial charge in [-0.2, -0.15) is 0 Å². The summed E-state index contributed by atoms with van der Waals surface area (Å²) in [4.78, 5) is 25.4. The lowest BCUT2D eigenvalue weighted by Crippen LogP contribution is -2.37. The molecule has 32 heavy (non-hydrogen) atoms. The molecular weight excluding hydrogens is 426 g/mol. The first-order valence-electron chi connectivity index (χ1n) is 10.2. The predicted octanol–water partition coefficient (Wildman–Crippen LogP) is 5.59. The number of benzene rings is 3. The number of halogens is 1. The SMILES string of the molecule is CC(C)(C)CN(C(=O)/C=C/C(=O)O)c1ccc(Cl)cc1C(O)c1cccc2ccccc12. The fraction of sp³-hybridized carbons (Fsp3) is 0.231. The van der Waals surface area contributed by atoms with Crippen LogP contribution >= 0.6 is 11.6 Å². The summed E-state index contributed by atoms with van der Waals surface area (Å²) in [7, 11) is 0. The maximum Gasteiger partial charge on any atom is 0.328 e. The number of rotatable bonds is 6. The van der Waals surface area contributed by atoms with Gasteiger partial charge < -0.3 is 15.1 Å². The van der Waals surface area contributed by atoms with Gasteiger partial charge in [-0.05, 0) is 39.9 Å². The van der Waals surface area contributed by atoms with Crippen molar-refractivity contribution >= 4 is 39.9 Å². The zero-order chi connectivity index (χ0) is 23.5. The van der Waals surface area contributed by atoms with Crippen LogP contribution < -0.4 is 4.90 Å². The largest absolute Gasteiger partial charge is 0.478 e. The van der Waals surface area contributed by atoms with Gasteiger partial charge >= 0.3 is 5.97 Å². The number of aliphatic carboxylic acids is 1. The lowest BCUT2D eigenvalue weighted by atomic mass is 9.92. The van der Waals surface area contributed by atoms with Crippen molar-refractivity contribution in [2.75, 3.05) is 11.4 Å². The topological polar surface area (TPSA) is 77.8 Å². The zero-order valence-corrected chi connectivity index (χ0v) is 19.0. The number of aliphatic hydroxyl groups is 1. The normalized spacial score (nSPS) is 12.8. The first-order chi connectivity index (χ1) is 15.1. The number of fused-ring (bicyclic) bond motifs is 1. The molecule has 0 heterocycles. The summed E-state index contributed by atoms with van der Waals surface area (Å²) in [5.74, 6) is -1.70. The summed E-state index contributed by atoms with van der Waals surface area (Å²) in [6.45, 7) is 6.24. The lowest BCUT2D eigenvalue weighted by molar-refractivity contribution is -0.131. The highest BCUT2D eigenvalue weighted by molar-refractivity contribution is 6.30. The van der Waals surface area contributed by atoms with Crippen molar-refractivity contribution in [1.82, 2.24) is 0 Å². The van der Waals surface area contributed by atoms with E-state index in [9.17, 15) is 14.7 Å². The van der Waals surface area contributed by atoms with Crippen molar-refractivity contribution in [3.8, 4) is 0 Å². The van der Waals surface area contributed by atoms with Gasteiger partial charge in [-0.25, -0.2) is 4.79 Å². The Kier molecular flexibility index (Phi) is 7.02. The van der Waals surface area contributed by atoms with Crippen LogP contribution in [0.15, 0.2) is 72.8 Å². The molecule has 0 saturated heterocycles. The Morgan fingerprint density at radius 1 is 1.00 bits per heavy atom. The fourth-order valence-electron chi connectivity index (χ4n) is 3.64. The van der Waals surface area contributed by atoms with E-state index in [0.29, 0.717) is 28.4 Å². The molecule has 6 heteroatoms. The molecule has 0 saturated carbocycles. The van der Waals surface area contributed by atoms with Crippen LogP contribution in [0.4, 0.5) is 5.69 Å². The zero-order valence-electron chi connectivity index (χ0n) is 18.2. The molecule has 1 unspecified atom stereocenters. The second-order valence-electron chi connectivity index (χ2n) is 8.83. The van der Waals surface area contributed by atoms with Gasteiger partial charge in [0.2, 0.25) is 0 Å². The van der Waals surface area contributed by atoms with E-state index in [0.717, 1.165) is 22.9 Å². The van der Waals surface area contributed by atoms with E-state index in [1.807, 2.05) is 63.2 Å². The van der Waals surface area contributed by atoms with E-state index in [1.54, 1.807) is 18.2 Å². The van der Waals surface area contributed by atoms with E-state index in [1.165, 1.54) is 4.90 Å². The van der Waals surface area contributed by atoms with Gasteiger partial charge in [0.25, 0.3) is 5.91 Å². The average molecular weight is 452 g/mol. The molecule has 0 spiro atoms. The maximum absolute atomic E-state index is 13.0. The van der Waals surface area contributed by atoms with E-state index in [-0.39, 0.29) is 5.41 Å². The van der Waals surface area contributed by atoms with Crippen LogP contribution in [0.1, 0.15) is 38.0 Å².